The van der Waals surface area contributed by atoms with Crippen LogP contribution in [0.4, 0.5) is 11.4 Å². The zero-order valence-electron chi connectivity index (χ0n) is 10.7. The third-order valence-corrected chi connectivity index (χ3v) is 3.51. The average Bonchev–Trinajstić information content (AvgIpc) is 2.32. The molecule has 2 aromatic rings. The summed E-state index contributed by atoms with van der Waals surface area (Å²) in [5.74, 6) is 0. The largest absolute Gasteiger partial charge is 0.398 e. The zero-order chi connectivity index (χ0) is 13.1. The number of nitrogens with zero attached hydrogens (tertiary/aromatic N) is 1. The van der Waals surface area contributed by atoms with Crippen LogP contribution < -0.4 is 10.6 Å². The van der Waals surface area contributed by atoms with Gasteiger partial charge in [0, 0.05) is 29.4 Å². The molecule has 18 heavy (non-hydrogen) atoms. The molecule has 0 aliphatic carbocycles. The van der Waals surface area contributed by atoms with E-state index in [0.29, 0.717) is 0 Å². The van der Waals surface area contributed by atoms with E-state index in [9.17, 15) is 0 Å². The van der Waals surface area contributed by atoms with Crippen LogP contribution in [0.3, 0.4) is 0 Å². The number of halogens is 1. The van der Waals surface area contributed by atoms with Gasteiger partial charge in [-0.2, -0.15) is 0 Å². The lowest BCUT2D eigenvalue weighted by Gasteiger charge is -2.20. The number of nitrogen functional groups attached to an aromatic ring is 1. The molecule has 0 aliphatic rings. The fraction of sp³-hybridized carbons (Fsp3) is 0.200. The topological polar surface area (TPSA) is 29.3 Å². The lowest BCUT2D eigenvalue weighted by molar-refractivity contribution is 0.922. The average molecular weight is 305 g/mol. The molecule has 0 radical (unpaired) electrons. The van der Waals surface area contributed by atoms with Crippen LogP contribution in [0.5, 0.6) is 0 Å². The number of anilines is 2. The molecule has 0 bridgehead atoms. The van der Waals surface area contributed by atoms with E-state index in [-0.39, 0.29) is 0 Å². The van der Waals surface area contributed by atoms with Crippen molar-refractivity contribution in [3.05, 3.63) is 58.1 Å². The predicted octanol–water partition coefficient (Wildman–Crippen LogP) is 3.98. The van der Waals surface area contributed by atoms with Crippen molar-refractivity contribution in [1.29, 1.82) is 0 Å². The van der Waals surface area contributed by atoms with Crippen LogP contribution in [0.2, 0.25) is 0 Å². The van der Waals surface area contributed by atoms with E-state index in [1.165, 1.54) is 5.56 Å². The van der Waals surface area contributed by atoms with E-state index in [2.05, 4.69) is 58.2 Å². The minimum absolute atomic E-state index is 0.841. The zero-order valence-corrected chi connectivity index (χ0v) is 12.2. The van der Waals surface area contributed by atoms with Gasteiger partial charge < -0.3 is 10.6 Å². The first-order valence-electron chi connectivity index (χ1n) is 5.88. The standard InChI is InChI=1S/C15H17BrN2/c1-11-6-7-14(9-15(11)17)18(2)10-12-4-3-5-13(16)8-12/h3-9H,10,17H2,1-2H3. The number of nitrogens with two attached hydrogens (primary N) is 1. The molecule has 0 aliphatic heterocycles. The third kappa shape index (κ3) is 3.05. The molecule has 3 heteroatoms. The van der Waals surface area contributed by atoms with Gasteiger partial charge in [0.25, 0.3) is 0 Å². The van der Waals surface area contributed by atoms with Gasteiger partial charge in [-0.1, -0.05) is 34.1 Å². The van der Waals surface area contributed by atoms with Crippen LogP contribution in [-0.2, 0) is 6.54 Å². The monoisotopic (exact) mass is 304 g/mol. The molecule has 0 heterocycles. The highest BCUT2D eigenvalue weighted by atomic mass is 79.9. The molecule has 2 aromatic carbocycles. The van der Waals surface area contributed by atoms with Gasteiger partial charge in [-0.25, -0.2) is 0 Å². The molecule has 94 valence electrons. The Bertz CT molecular complexity index is 552. The molecule has 2 N–H and O–H groups in total. The summed E-state index contributed by atoms with van der Waals surface area (Å²) in [6.07, 6.45) is 0. The molecule has 2 rings (SSSR count). The van der Waals surface area contributed by atoms with E-state index in [1.807, 2.05) is 19.1 Å². The van der Waals surface area contributed by atoms with Crippen molar-refractivity contribution in [3.63, 3.8) is 0 Å². The first-order chi connectivity index (χ1) is 8.56. The van der Waals surface area contributed by atoms with E-state index in [1.54, 1.807) is 0 Å². The van der Waals surface area contributed by atoms with Crippen LogP contribution in [0.25, 0.3) is 0 Å². The quantitative estimate of drug-likeness (QED) is 0.869. The molecule has 0 spiro atoms. The highest BCUT2D eigenvalue weighted by Gasteiger charge is 2.04. The molecule has 0 atom stereocenters. The summed E-state index contributed by atoms with van der Waals surface area (Å²) in [5, 5.41) is 0. The summed E-state index contributed by atoms with van der Waals surface area (Å²) >= 11 is 3.49. The van der Waals surface area contributed by atoms with Gasteiger partial charge in [0.05, 0.1) is 0 Å². The number of aryl methyl sites for hydroxylation is 1. The van der Waals surface area contributed by atoms with Gasteiger partial charge in [0.1, 0.15) is 0 Å². The minimum atomic E-state index is 0.841. The highest BCUT2D eigenvalue weighted by molar-refractivity contribution is 9.10. The van der Waals surface area contributed by atoms with Crippen LogP contribution in [0.15, 0.2) is 46.9 Å². The molecule has 0 saturated carbocycles. The second-order valence-electron chi connectivity index (χ2n) is 4.53. The van der Waals surface area contributed by atoms with Gasteiger partial charge in [0.2, 0.25) is 0 Å². The fourth-order valence-electron chi connectivity index (χ4n) is 1.87. The summed E-state index contributed by atoms with van der Waals surface area (Å²) in [5.41, 5.74) is 10.3. The number of rotatable bonds is 3. The minimum Gasteiger partial charge on any atom is -0.398 e. The Hall–Kier alpha value is -1.48. The van der Waals surface area contributed by atoms with E-state index in [0.717, 1.165) is 28.0 Å². The molecular weight excluding hydrogens is 288 g/mol. The normalized spacial score (nSPS) is 10.4. The first-order valence-corrected chi connectivity index (χ1v) is 6.67. The Kier molecular flexibility index (Phi) is 3.92. The van der Waals surface area contributed by atoms with Crippen LogP contribution in [0, 0.1) is 6.92 Å². The van der Waals surface area contributed by atoms with Crippen molar-refractivity contribution in [2.45, 2.75) is 13.5 Å². The van der Waals surface area contributed by atoms with E-state index >= 15 is 0 Å². The maximum absolute atomic E-state index is 5.94. The lowest BCUT2D eigenvalue weighted by Crippen LogP contribution is -2.16. The Morgan fingerprint density at radius 2 is 1.94 bits per heavy atom. The molecule has 0 amide bonds. The van der Waals surface area contributed by atoms with Crippen molar-refractivity contribution in [1.82, 2.24) is 0 Å². The number of benzene rings is 2. The van der Waals surface area contributed by atoms with Gasteiger partial charge in [-0.05, 0) is 42.3 Å². The molecule has 0 fully saturated rings. The maximum atomic E-state index is 5.94. The molecule has 0 aromatic heterocycles. The summed E-state index contributed by atoms with van der Waals surface area (Å²) in [7, 11) is 2.07. The Labute approximate surface area is 117 Å². The lowest BCUT2D eigenvalue weighted by atomic mass is 10.1. The summed E-state index contributed by atoms with van der Waals surface area (Å²) in [4.78, 5) is 2.19. The van der Waals surface area contributed by atoms with Crippen molar-refractivity contribution >= 4 is 27.3 Å². The van der Waals surface area contributed by atoms with Gasteiger partial charge in [-0.15, -0.1) is 0 Å². The third-order valence-electron chi connectivity index (χ3n) is 3.01. The Morgan fingerprint density at radius 1 is 1.17 bits per heavy atom. The summed E-state index contributed by atoms with van der Waals surface area (Å²) in [6.45, 7) is 2.88. The first kappa shape index (κ1) is 13.0. The summed E-state index contributed by atoms with van der Waals surface area (Å²) < 4.78 is 1.11. The second-order valence-corrected chi connectivity index (χ2v) is 5.44. The number of hydrogen-bond acceptors (Lipinski definition) is 2. The molecule has 2 nitrogen and oxygen atoms in total. The highest BCUT2D eigenvalue weighted by Crippen LogP contribution is 2.22. The smallest absolute Gasteiger partial charge is 0.0426 e. The van der Waals surface area contributed by atoms with E-state index < -0.39 is 0 Å². The predicted molar refractivity (Wildman–Crippen MR) is 81.8 cm³/mol. The van der Waals surface area contributed by atoms with Gasteiger partial charge >= 0.3 is 0 Å². The second kappa shape index (κ2) is 5.44. The summed E-state index contributed by atoms with van der Waals surface area (Å²) in [6, 6.07) is 14.5. The van der Waals surface area contributed by atoms with Gasteiger partial charge in [0.15, 0.2) is 0 Å². The van der Waals surface area contributed by atoms with Crippen molar-refractivity contribution in [3.8, 4) is 0 Å². The van der Waals surface area contributed by atoms with Crippen molar-refractivity contribution in [2.24, 2.45) is 0 Å². The van der Waals surface area contributed by atoms with Crippen molar-refractivity contribution < 1.29 is 0 Å². The van der Waals surface area contributed by atoms with Gasteiger partial charge in [-0.3, -0.25) is 0 Å². The van der Waals surface area contributed by atoms with Crippen LogP contribution >= 0.6 is 15.9 Å². The van der Waals surface area contributed by atoms with Crippen molar-refractivity contribution in [2.75, 3.05) is 17.7 Å². The Morgan fingerprint density at radius 3 is 2.61 bits per heavy atom. The number of hydrogen-bond donors (Lipinski definition) is 1. The fourth-order valence-corrected chi connectivity index (χ4v) is 2.31. The SMILES string of the molecule is Cc1ccc(N(C)Cc2cccc(Br)c2)cc1N. The van der Waals surface area contributed by atoms with Crippen LogP contribution in [0.1, 0.15) is 11.1 Å². The molecule has 0 unspecified atom stereocenters. The maximum Gasteiger partial charge on any atom is 0.0426 e. The molecular formula is C15H17BrN2. The van der Waals surface area contributed by atoms with E-state index in [4.69, 9.17) is 5.73 Å². The Balaban J connectivity index is 2.16. The van der Waals surface area contributed by atoms with Crippen LogP contribution in [-0.4, -0.2) is 7.05 Å². The molecule has 0 saturated heterocycles.